The third-order valence-electron chi connectivity index (χ3n) is 3.49. The maximum atomic E-state index is 11.1. The van der Waals surface area contributed by atoms with Gasteiger partial charge in [0.15, 0.2) is 0 Å². The molecule has 1 unspecified atom stereocenters. The zero-order valence-electron chi connectivity index (χ0n) is 13.0. The number of carbonyl (C=O) groups is 1. The fourth-order valence-corrected chi connectivity index (χ4v) is 2.71. The van der Waals surface area contributed by atoms with E-state index in [-0.39, 0.29) is 24.1 Å². The van der Waals surface area contributed by atoms with Crippen molar-refractivity contribution in [3.05, 3.63) is 22.8 Å². The molecule has 1 rings (SSSR count). The van der Waals surface area contributed by atoms with Crippen LogP contribution in [0.4, 0.5) is 0 Å². The summed E-state index contributed by atoms with van der Waals surface area (Å²) in [5.41, 5.74) is 3.06. The molecule has 110 valence electrons. The summed E-state index contributed by atoms with van der Waals surface area (Å²) in [4.78, 5) is 11.1. The van der Waals surface area contributed by atoms with Gasteiger partial charge in [0, 0.05) is 24.3 Å². The Labute approximate surface area is 121 Å². The van der Waals surface area contributed by atoms with Gasteiger partial charge in [-0.15, -0.1) is 0 Å². The van der Waals surface area contributed by atoms with E-state index < -0.39 is 0 Å². The quantitative estimate of drug-likeness (QED) is 0.623. The number of aliphatic hydroxyl groups is 1. The van der Waals surface area contributed by atoms with Gasteiger partial charge in [-0.25, -0.2) is 0 Å². The van der Waals surface area contributed by atoms with Crippen LogP contribution in [-0.2, 0) is 9.53 Å². The van der Waals surface area contributed by atoms with Crippen LogP contribution in [-0.4, -0.2) is 23.8 Å². The average molecular weight is 276 g/mol. The minimum absolute atomic E-state index is 0.0104. The predicted molar refractivity (Wildman–Crippen MR) is 79.9 cm³/mol. The molecule has 0 amide bonds. The number of esters is 1. The van der Waals surface area contributed by atoms with Gasteiger partial charge in [0.05, 0.1) is 6.61 Å². The van der Waals surface area contributed by atoms with Crippen LogP contribution >= 0.6 is 0 Å². The highest BCUT2D eigenvalue weighted by Crippen LogP contribution is 2.40. The Morgan fingerprint density at radius 2 is 2.15 bits per heavy atom. The van der Waals surface area contributed by atoms with Gasteiger partial charge < -0.3 is 9.84 Å². The van der Waals surface area contributed by atoms with E-state index in [0.29, 0.717) is 0 Å². The maximum Gasteiger partial charge on any atom is 0.302 e. The summed E-state index contributed by atoms with van der Waals surface area (Å²) in [6.45, 7) is 9.65. The van der Waals surface area contributed by atoms with E-state index in [2.05, 4.69) is 25.7 Å². The Morgan fingerprint density at radius 3 is 2.65 bits per heavy atom. The van der Waals surface area contributed by atoms with Crippen molar-refractivity contribution in [2.75, 3.05) is 6.61 Å². The number of aliphatic hydroxyl groups excluding tert-OH is 1. The molecule has 0 spiro atoms. The lowest BCUT2D eigenvalue weighted by Crippen LogP contribution is -2.31. The van der Waals surface area contributed by atoms with E-state index >= 15 is 0 Å². The molecule has 0 saturated heterocycles. The number of hydrogen-bond donors (Lipinski definition) is 1. The Bertz CT molecular complexity index is 498. The molecule has 1 N–H and O–H groups in total. The summed E-state index contributed by atoms with van der Waals surface area (Å²) < 4.78 is 5.34. The van der Waals surface area contributed by atoms with Crippen LogP contribution in [0.1, 0.15) is 47.5 Å². The second-order valence-electron chi connectivity index (χ2n) is 6.00. The normalized spacial score (nSPS) is 22.1. The van der Waals surface area contributed by atoms with Crippen molar-refractivity contribution in [1.82, 2.24) is 0 Å². The molecule has 0 aliphatic heterocycles. The van der Waals surface area contributed by atoms with Crippen molar-refractivity contribution >= 4 is 5.97 Å². The molecular formula is C17H24O3. The highest BCUT2D eigenvalue weighted by atomic mass is 16.5. The molecule has 20 heavy (non-hydrogen) atoms. The first-order chi connectivity index (χ1) is 9.26. The summed E-state index contributed by atoms with van der Waals surface area (Å²) in [6.07, 6.45) is 3.18. The summed E-state index contributed by atoms with van der Waals surface area (Å²) in [7, 11) is 0. The van der Waals surface area contributed by atoms with Gasteiger partial charge in [-0.05, 0) is 31.9 Å². The van der Waals surface area contributed by atoms with Gasteiger partial charge in [-0.2, -0.15) is 0 Å². The Hall–Kier alpha value is -1.53. The van der Waals surface area contributed by atoms with Crippen molar-refractivity contribution in [3.63, 3.8) is 0 Å². The number of allylic oxidation sites excluding steroid dienone is 2. The fraction of sp³-hybridized carbons (Fsp3) is 0.588. The van der Waals surface area contributed by atoms with E-state index in [1.165, 1.54) is 12.5 Å². The minimum Gasteiger partial charge on any atom is -0.462 e. The summed E-state index contributed by atoms with van der Waals surface area (Å²) in [5, 5.41) is 8.84. The Morgan fingerprint density at radius 1 is 1.50 bits per heavy atom. The lowest BCUT2D eigenvalue weighted by Gasteiger charge is -2.36. The van der Waals surface area contributed by atoms with Crippen molar-refractivity contribution in [3.8, 4) is 11.8 Å². The van der Waals surface area contributed by atoms with Gasteiger partial charge in [0.2, 0.25) is 0 Å². The largest absolute Gasteiger partial charge is 0.462 e. The fourth-order valence-electron chi connectivity index (χ4n) is 2.71. The molecule has 0 aromatic rings. The van der Waals surface area contributed by atoms with Crippen LogP contribution in [0.3, 0.4) is 0 Å². The molecule has 3 heteroatoms. The van der Waals surface area contributed by atoms with E-state index in [1.54, 1.807) is 6.08 Å². The molecule has 1 aliphatic carbocycles. The molecular weight excluding hydrogens is 252 g/mol. The second-order valence-corrected chi connectivity index (χ2v) is 6.00. The van der Waals surface area contributed by atoms with Crippen molar-refractivity contribution < 1.29 is 14.6 Å². The predicted octanol–water partition coefficient (Wildman–Crippen LogP) is 3.00. The minimum atomic E-state index is -0.227. The topological polar surface area (TPSA) is 46.5 Å². The Balaban J connectivity index is 3.00. The smallest absolute Gasteiger partial charge is 0.302 e. The Kier molecular flexibility index (Phi) is 5.59. The van der Waals surface area contributed by atoms with Crippen molar-refractivity contribution in [2.45, 2.75) is 53.6 Å². The van der Waals surface area contributed by atoms with Crippen LogP contribution in [0, 0.1) is 17.3 Å². The van der Waals surface area contributed by atoms with Gasteiger partial charge in [-0.1, -0.05) is 31.3 Å². The first kappa shape index (κ1) is 16.5. The van der Waals surface area contributed by atoms with Crippen LogP contribution in [0.5, 0.6) is 0 Å². The SMILES string of the molecule is CC(=O)OC1CC(C)=C(C#CC(C)=CCO)C(C)(C)C1. The van der Waals surface area contributed by atoms with Crippen LogP contribution < -0.4 is 0 Å². The van der Waals surface area contributed by atoms with E-state index in [9.17, 15) is 4.79 Å². The van der Waals surface area contributed by atoms with Gasteiger partial charge >= 0.3 is 5.97 Å². The zero-order chi connectivity index (χ0) is 15.3. The third kappa shape index (κ3) is 4.54. The molecule has 1 aliphatic rings. The van der Waals surface area contributed by atoms with E-state index in [1.807, 2.05) is 13.8 Å². The third-order valence-corrected chi connectivity index (χ3v) is 3.49. The highest BCUT2D eigenvalue weighted by molar-refractivity contribution is 5.66. The van der Waals surface area contributed by atoms with E-state index in [0.717, 1.165) is 24.0 Å². The monoisotopic (exact) mass is 276 g/mol. The molecule has 1 atom stereocenters. The molecule has 0 aromatic heterocycles. The average Bonchev–Trinajstić information content (AvgIpc) is 2.25. The highest BCUT2D eigenvalue weighted by Gasteiger charge is 2.34. The molecule has 3 nitrogen and oxygen atoms in total. The number of ether oxygens (including phenoxy) is 1. The van der Waals surface area contributed by atoms with E-state index in [4.69, 9.17) is 9.84 Å². The van der Waals surface area contributed by atoms with Crippen LogP contribution in [0.2, 0.25) is 0 Å². The van der Waals surface area contributed by atoms with Crippen LogP contribution in [0.15, 0.2) is 22.8 Å². The molecule has 0 heterocycles. The number of carbonyl (C=O) groups excluding carboxylic acids is 1. The van der Waals surface area contributed by atoms with Gasteiger partial charge in [0.25, 0.3) is 0 Å². The maximum absolute atomic E-state index is 11.1. The first-order valence-corrected chi connectivity index (χ1v) is 6.93. The number of hydrogen-bond acceptors (Lipinski definition) is 3. The number of rotatable bonds is 2. The first-order valence-electron chi connectivity index (χ1n) is 6.93. The standard InChI is InChI=1S/C17H24O3/c1-12(8-9-18)6-7-16-13(2)10-15(20-14(3)19)11-17(16,4)5/h8,15,18H,9-11H2,1-5H3. The summed E-state index contributed by atoms with van der Waals surface area (Å²) >= 11 is 0. The van der Waals surface area contributed by atoms with Crippen molar-refractivity contribution in [2.24, 2.45) is 5.41 Å². The van der Waals surface area contributed by atoms with Crippen LogP contribution in [0.25, 0.3) is 0 Å². The molecule has 0 radical (unpaired) electrons. The molecule has 0 fully saturated rings. The second kappa shape index (κ2) is 6.76. The molecule has 0 saturated carbocycles. The summed E-state index contributed by atoms with van der Waals surface area (Å²) in [6, 6.07) is 0. The van der Waals surface area contributed by atoms with Crippen molar-refractivity contribution in [1.29, 1.82) is 0 Å². The van der Waals surface area contributed by atoms with Gasteiger partial charge in [-0.3, -0.25) is 4.79 Å². The molecule has 0 aromatic carbocycles. The molecule has 0 bridgehead atoms. The lowest BCUT2D eigenvalue weighted by molar-refractivity contribution is -0.147. The lowest BCUT2D eigenvalue weighted by atomic mass is 9.72. The zero-order valence-corrected chi connectivity index (χ0v) is 13.0. The summed E-state index contributed by atoms with van der Waals surface area (Å²) in [5.74, 6) is 6.08. The van der Waals surface area contributed by atoms with Gasteiger partial charge in [0.1, 0.15) is 6.10 Å².